The molecular weight excluding hydrogens is 263 g/mol. The smallest absolute Gasteiger partial charge is 0.310 e. The third-order valence-corrected chi connectivity index (χ3v) is 2.79. The molecule has 1 rings (SSSR count). The van der Waals surface area contributed by atoms with E-state index in [1.807, 2.05) is 13.8 Å². The van der Waals surface area contributed by atoms with E-state index >= 15 is 0 Å². The summed E-state index contributed by atoms with van der Waals surface area (Å²) in [6, 6.07) is 5.43. The lowest BCUT2D eigenvalue weighted by molar-refractivity contribution is -0.137. The van der Waals surface area contributed by atoms with Gasteiger partial charge < -0.3 is 5.32 Å². The van der Waals surface area contributed by atoms with Crippen molar-refractivity contribution in [1.29, 1.82) is 0 Å². The van der Waals surface area contributed by atoms with E-state index in [0.29, 0.717) is 6.54 Å². The molecule has 1 aromatic rings. The number of benzene rings is 1. The molecule has 2 atom stereocenters. The average Bonchev–Trinajstić information content (AvgIpc) is 2.25. The van der Waals surface area contributed by atoms with Gasteiger partial charge in [-0.2, -0.15) is 13.2 Å². The third kappa shape index (κ3) is 5.27. The molecule has 0 aliphatic carbocycles. The summed E-state index contributed by atoms with van der Waals surface area (Å²) >= 11 is 5.86. The van der Waals surface area contributed by atoms with Crippen LogP contribution in [0.4, 0.5) is 13.2 Å². The van der Waals surface area contributed by atoms with Crippen molar-refractivity contribution in [2.75, 3.05) is 0 Å². The van der Waals surface area contributed by atoms with Crippen LogP contribution in [0.5, 0.6) is 0 Å². The van der Waals surface area contributed by atoms with E-state index in [-0.39, 0.29) is 11.4 Å². The second kappa shape index (κ2) is 6.43. The van der Waals surface area contributed by atoms with Crippen LogP contribution in [-0.2, 0) is 12.7 Å². The summed E-state index contributed by atoms with van der Waals surface area (Å²) in [6.45, 7) is 4.46. The molecule has 0 aliphatic heterocycles. The number of hydrogen-bond acceptors (Lipinski definition) is 1. The quantitative estimate of drug-likeness (QED) is 0.797. The van der Waals surface area contributed by atoms with Crippen LogP contribution in [-0.4, -0.2) is 11.4 Å². The molecule has 0 amide bonds. The first-order valence-corrected chi connectivity index (χ1v) is 6.26. The fraction of sp³-hybridized carbons (Fsp3) is 0.538. The Hall–Kier alpha value is -0.740. The predicted octanol–water partition coefficient (Wildman–Crippen LogP) is 4.20. The van der Waals surface area contributed by atoms with E-state index in [2.05, 4.69) is 5.32 Å². The Kier molecular flexibility index (Phi) is 5.47. The maximum Gasteiger partial charge on any atom is 0.416 e. The van der Waals surface area contributed by atoms with Gasteiger partial charge in [-0.1, -0.05) is 12.1 Å². The van der Waals surface area contributed by atoms with Crippen LogP contribution in [0.3, 0.4) is 0 Å². The minimum atomic E-state index is -4.27. The predicted molar refractivity (Wildman–Crippen MR) is 67.7 cm³/mol. The standard InChI is InChI=1S/C13H17ClF3N/c1-9(14)7-10(2)18-8-11-3-5-12(6-4-11)13(15,16)17/h3-6,9-10,18H,7-8H2,1-2H3. The topological polar surface area (TPSA) is 12.0 Å². The number of nitrogens with one attached hydrogen (secondary N) is 1. The first-order valence-electron chi connectivity index (χ1n) is 5.82. The first-order chi connectivity index (χ1) is 8.29. The van der Waals surface area contributed by atoms with Gasteiger partial charge in [0, 0.05) is 18.0 Å². The SMILES string of the molecule is CC(Cl)CC(C)NCc1ccc(C(F)(F)F)cc1. The van der Waals surface area contributed by atoms with E-state index in [4.69, 9.17) is 11.6 Å². The zero-order valence-electron chi connectivity index (χ0n) is 10.4. The van der Waals surface area contributed by atoms with Crippen molar-refractivity contribution < 1.29 is 13.2 Å². The van der Waals surface area contributed by atoms with Crippen LogP contribution < -0.4 is 5.32 Å². The summed E-state index contributed by atoms with van der Waals surface area (Å²) in [5.74, 6) is 0. The van der Waals surface area contributed by atoms with Crippen LogP contribution in [0.1, 0.15) is 31.4 Å². The van der Waals surface area contributed by atoms with Crippen molar-refractivity contribution >= 4 is 11.6 Å². The highest BCUT2D eigenvalue weighted by Gasteiger charge is 2.29. The highest BCUT2D eigenvalue weighted by molar-refractivity contribution is 6.20. The molecule has 5 heteroatoms. The fourth-order valence-electron chi connectivity index (χ4n) is 1.67. The Morgan fingerprint density at radius 3 is 2.17 bits per heavy atom. The molecule has 0 radical (unpaired) electrons. The molecule has 0 aliphatic rings. The molecule has 1 aromatic carbocycles. The zero-order valence-corrected chi connectivity index (χ0v) is 11.1. The summed E-state index contributed by atoms with van der Waals surface area (Å²) in [6.07, 6.45) is -3.45. The van der Waals surface area contributed by atoms with Gasteiger partial charge in [0.05, 0.1) is 5.56 Å². The van der Waals surface area contributed by atoms with Gasteiger partial charge in [0.25, 0.3) is 0 Å². The van der Waals surface area contributed by atoms with Gasteiger partial charge in [-0.05, 0) is 38.0 Å². The fourth-order valence-corrected chi connectivity index (χ4v) is 1.94. The molecule has 0 aromatic heterocycles. The van der Waals surface area contributed by atoms with Crippen LogP contribution in [0, 0.1) is 0 Å². The summed E-state index contributed by atoms with van der Waals surface area (Å²) < 4.78 is 37.0. The monoisotopic (exact) mass is 279 g/mol. The molecule has 0 fully saturated rings. The van der Waals surface area contributed by atoms with Crippen molar-refractivity contribution in [2.45, 2.75) is 44.4 Å². The number of halogens is 4. The summed E-state index contributed by atoms with van der Waals surface area (Å²) in [5.41, 5.74) is 0.214. The average molecular weight is 280 g/mol. The van der Waals surface area contributed by atoms with Gasteiger partial charge in [0.15, 0.2) is 0 Å². The van der Waals surface area contributed by atoms with Crippen LogP contribution in [0.15, 0.2) is 24.3 Å². The van der Waals surface area contributed by atoms with Gasteiger partial charge in [-0.3, -0.25) is 0 Å². The second-order valence-electron chi connectivity index (χ2n) is 4.49. The maximum atomic E-state index is 12.3. The Balaban J connectivity index is 2.49. The number of alkyl halides is 4. The van der Waals surface area contributed by atoms with E-state index < -0.39 is 11.7 Å². The Bertz CT molecular complexity index is 359. The Labute approximate surface area is 110 Å². The van der Waals surface area contributed by atoms with E-state index in [0.717, 1.165) is 24.1 Å². The molecule has 18 heavy (non-hydrogen) atoms. The van der Waals surface area contributed by atoms with Crippen molar-refractivity contribution in [1.82, 2.24) is 5.32 Å². The summed E-state index contributed by atoms with van der Waals surface area (Å²) in [7, 11) is 0. The molecule has 0 bridgehead atoms. The van der Waals surface area contributed by atoms with E-state index in [1.165, 1.54) is 12.1 Å². The molecular formula is C13H17ClF3N. The second-order valence-corrected chi connectivity index (χ2v) is 5.24. The van der Waals surface area contributed by atoms with Crippen molar-refractivity contribution in [2.24, 2.45) is 0 Å². The minimum Gasteiger partial charge on any atom is -0.310 e. The lowest BCUT2D eigenvalue weighted by atomic mass is 10.1. The van der Waals surface area contributed by atoms with E-state index in [9.17, 15) is 13.2 Å². The molecule has 0 heterocycles. The zero-order chi connectivity index (χ0) is 13.8. The van der Waals surface area contributed by atoms with Crippen LogP contribution in [0.2, 0.25) is 0 Å². The first kappa shape index (κ1) is 15.3. The van der Waals surface area contributed by atoms with Gasteiger partial charge in [0.1, 0.15) is 0 Å². The molecule has 1 N–H and O–H groups in total. The highest BCUT2D eigenvalue weighted by atomic mass is 35.5. The van der Waals surface area contributed by atoms with Crippen LogP contribution in [0.25, 0.3) is 0 Å². The Morgan fingerprint density at radius 2 is 1.72 bits per heavy atom. The van der Waals surface area contributed by atoms with Gasteiger partial charge in [0.2, 0.25) is 0 Å². The minimum absolute atomic E-state index is 0.0834. The lowest BCUT2D eigenvalue weighted by Gasteiger charge is -2.15. The van der Waals surface area contributed by atoms with Crippen LogP contribution >= 0.6 is 11.6 Å². The normalized spacial score (nSPS) is 15.4. The Morgan fingerprint density at radius 1 is 1.17 bits per heavy atom. The molecule has 102 valence electrons. The lowest BCUT2D eigenvalue weighted by Crippen LogP contribution is -2.27. The maximum absolute atomic E-state index is 12.3. The highest BCUT2D eigenvalue weighted by Crippen LogP contribution is 2.29. The largest absolute Gasteiger partial charge is 0.416 e. The van der Waals surface area contributed by atoms with Crippen molar-refractivity contribution in [3.63, 3.8) is 0 Å². The molecule has 0 saturated heterocycles. The van der Waals surface area contributed by atoms with Gasteiger partial charge >= 0.3 is 6.18 Å². The van der Waals surface area contributed by atoms with Crippen molar-refractivity contribution in [3.8, 4) is 0 Å². The summed E-state index contributed by atoms with van der Waals surface area (Å²) in [4.78, 5) is 0. The van der Waals surface area contributed by atoms with Crippen molar-refractivity contribution in [3.05, 3.63) is 35.4 Å². The molecule has 0 saturated carbocycles. The number of rotatable bonds is 5. The van der Waals surface area contributed by atoms with Gasteiger partial charge in [-0.25, -0.2) is 0 Å². The van der Waals surface area contributed by atoms with Gasteiger partial charge in [-0.15, -0.1) is 11.6 Å². The molecule has 2 unspecified atom stereocenters. The summed E-state index contributed by atoms with van der Waals surface area (Å²) in [5, 5.41) is 3.31. The molecule has 1 nitrogen and oxygen atoms in total. The number of hydrogen-bond donors (Lipinski definition) is 1. The van der Waals surface area contributed by atoms with E-state index in [1.54, 1.807) is 0 Å². The third-order valence-electron chi connectivity index (χ3n) is 2.61. The molecule has 0 spiro atoms.